The minimum absolute atomic E-state index is 0.359. The third kappa shape index (κ3) is 4.07. The molecule has 144 valence electrons. The molecule has 3 rings (SSSR count). The molecule has 9 heteroatoms. The Bertz CT molecular complexity index is 1170. The van der Waals surface area contributed by atoms with Crippen LogP contribution in [0.15, 0.2) is 42.6 Å². The van der Waals surface area contributed by atoms with Gasteiger partial charge in [-0.15, -0.1) is 0 Å². The number of methoxy groups -OCH3 is 2. The van der Waals surface area contributed by atoms with Crippen molar-refractivity contribution in [3.63, 3.8) is 0 Å². The van der Waals surface area contributed by atoms with Crippen LogP contribution < -0.4 is 19.5 Å². The van der Waals surface area contributed by atoms with Crippen LogP contribution >= 0.6 is 0 Å². The molecule has 0 saturated carbocycles. The summed E-state index contributed by atoms with van der Waals surface area (Å²) in [6.45, 7) is 0. The Morgan fingerprint density at radius 3 is 2.21 bits per heavy atom. The van der Waals surface area contributed by atoms with Crippen molar-refractivity contribution in [2.24, 2.45) is 0 Å². The largest absolute Gasteiger partial charge is 0.493 e. The molecule has 2 aromatic carbocycles. The molecule has 1 aromatic heterocycles. The topological polar surface area (TPSA) is 113 Å². The maximum Gasteiger partial charge on any atom is 0.229 e. The minimum atomic E-state index is -3.35. The van der Waals surface area contributed by atoms with Crippen LogP contribution in [0.5, 0.6) is 11.5 Å². The standard InChI is InChI=1S/C19H18N4O4S/c1-26-17-8-15-16(9-18(17)27-2)21-11-12(10-20)19(15)22-13-4-6-14(7-5-13)23-28(3,24)25/h4-9,11,23H,1-3H3,(H,21,22). The predicted octanol–water partition coefficient (Wildman–Crippen LogP) is 3.24. The predicted molar refractivity (Wildman–Crippen MR) is 108 cm³/mol. The normalized spacial score (nSPS) is 10.9. The van der Waals surface area contributed by atoms with E-state index in [1.807, 2.05) is 0 Å². The van der Waals surface area contributed by atoms with Crippen LogP contribution in [0.3, 0.4) is 0 Å². The zero-order valence-electron chi connectivity index (χ0n) is 15.5. The van der Waals surface area contributed by atoms with Gasteiger partial charge >= 0.3 is 0 Å². The highest BCUT2D eigenvalue weighted by molar-refractivity contribution is 7.92. The van der Waals surface area contributed by atoms with E-state index in [1.165, 1.54) is 13.3 Å². The van der Waals surface area contributed by atoms with Crippen LogP contribution in [0.25, 0.3) is 10.9 Å². The van der Waals surface area contributed by atoms with Crippen LogP contribution in [0.1, 0.15) is 5.56 Å². The number of aromatic nitrogens is 1. The van der Waals surface area contributed by atoms with Gasteiger partial charge in [0.2, 0.25) is 10.0 Å². The molecular formula is C19H18N4O4S. The lowest BCUT2D eigenvalue weighted by atomic mass is 10.1. The summed E-state index contributed by atoms with van der Waals surface area (Å²) in [4.78, 5) is 4.32. The molecule has 0 amide bonds. The molecule has 2 N–H and O–H groups in total. The number of nitriles is 1. The molecule has 0 unspecified atom stereocenters. The van der Waals surface area contributed by atoms with Gasteiger partial charge in [0.05, 0.1) is 37.2 Å². The monoisotopic (exact) mass is 398 g/mol. The second kappa shape index (κ2) is 7.62. The number of rotatable bonds is 6. The van der Waals surface area contributed by atoms with Gasteiger partial charge in [0.15, 0.2) is 11.5 Å². The second-order valence-corrected chi connectivity index (χ2v) is 7.71. The van der Waals surface area contributed by atoms with Gasteiger partial charge in [0, 0.05) is 29.0 Å². The molecule has 28 heavy (non-hydrogen) atoms. The Morgan fingerprint density at radius 1 is 1.04 bits per heavy atom. The first kappa shape index (κ1) is 19.3. The van der Waals surface area contributed by atoms with Crippen molar-refractivity contribution in [3.05, 3.63) is 48.2 Å². The summed E-state index contributed by atoms with van der Waals surface area (Å²) in [5.74, 6) is 1.05. The number of hydrogen-bond acceptors (Lipinski definition) is 7. The van der Waals surface area contributed by atoms with E-state index in [4.69, 9.17) is 9.47 Å². The number of nitrogens with zero attached hydrogens (tertiary/aromatic N) is 2. The Morgan fingerprint density at radius 2 is 1.64 bits per heavy atom. The molecule has 8 nitrogen and oxygen atoms in total. The first-order chi connectivity index (χ1) is 13.3. The van der Waals surface area contributed by atoms with Gasteiger partial charge in [-0.1, -0.05) is 0 Å². The van der Waals surface area contributed by atoms with E-state index in [0.29, 0.717) is 45.0 Å². The molecule has 1 heterocycles. The molecular weight excluding hydrogens is 380 g/mol. The molecule has 0 radical (unpaired) electrons. The third-order valence-corrected chi connectivity index (χ3v) is 4.56. The van der Waals surface area contributed by atoms with E-state index in [1.54, 1.807) is 43.5 Å². The van der Waals surface area contributed by atoms with E-state index in [-0.39, 0.29) is 0 Å². The fraction of sp³-hybridized carbons (Fsp3) is 0.158. The van der Waals surface area contributed by atoms with Crippen molar-refractivity contribution >= 4 is 38.0 Å². The van der Waals surface area contributed by atoms with E-state index >= 15 is 0 Å². The first-order valence-corrected chi connectivity index (χ1v) is 10.0. The van der Waals surface area contributed by atoms with Crippen LogP contribution in [-0.4, -0.2) is 33.9 Å². The fourth-order valence-corrected chi connectivity index (χ4v) is 3.28. The average Bonchev–Trinajstić information content (AvgIpc) is 2.67. The van der Waals surface area contributed by atoms with E-state index in [0.717, 1.165) is 6.26 Å². The van der Waals surface area contributed by atoms with Gasteiger partial charge in [0.25, 0.3) is 0 Å². The van der Waals surface area contributed by atoms with E-state index in [2.05, 4.69) is 21.1 Å². The summed E-state index contributed by atoms with van der Waals surface area (Å²) in [6, 6.07) is 12.3. The van der Waals surface area contributed by atoms with Gasteiger partial charge in [-0.2, -0.15) is 5.26 Å². The van der Waals surface area contributed by atoms with Crippen molar-refractivity contribution in [1.29, 1.82) is 5.26 Å². The van der Waals surface area contributed by atoms with Gasteiger partial charge in [-0.05, 0) is 30.3 Å². The highest BCUT2D eigenvalue weighted by Crippen LogP contribution is 2.37. The summed E-state index contributed by atoms with van der Waals surface area (Å²) < 4.78 is 35.7. The van der Waals surface area contributed by atoms with Crippen LogP contribution in [-0.2, 0) is 10.0 Å². The summed E-state index contributed by atoms with van der Waals surface area (Å²) in [6.07, 6.45) is 2.57. The molecule has 0 bridgehead atoms. The van der Waals surface area contributed by atoms with Gasteiger partial charge in [-0.3, -0.25) is 9.71 Å². The number of pyridine rings is 1. The van der Waals surface area contributed by atoms with Crippen molar-refractivity contribution in [3.8, 4) is 17.6 Å². The van der Waals surface area contributed by atoms with Crippen molar-refractivity contribution < 1.29 is 17.9 Å². The quantitative estimate of drug-likeness (QED) is 0.655. The van der Waals surface area contributed by atoms with Crippen LogP contribution in [0, 0.1) is 11.3 Å². The first-order valence-electron chi connectivity index (χ1n) is 8.14. The van der Waals surface area contributed by atoms with Gasteiger partial charge in [0.1, 0.15) is 6.07 Å². The Kier molecular flexibility index (Phi) is 5.24. The second-order valence-electron chi connectivity index (χ2n) is 5.96. The zero-order valence-corrected chi connectivity index (χ0v) is 16.3. The van der Waals surface area contributed by atoms with Crippen molar-refractivity contribution in [1.82, 2.24) is 4.98 Å². The van der Waals surface area contributed by atoms with Crippen LogP contribution in [0.4, 0.5) is 17.1 Å². The number of fused-ring (bicyclic) bond motifs is 1. The molecule has 0 saturated heterocycles. The average molecular weight is 398 g/mol. The summed E-state index contributed by atoms with van der Waals surface area (Å²) in [7, 11) is -0.276. The Balaban J connectivity index is 2.05. The lowest BCUT2D eigenvalue weighted by Gasteiger charge is -2.14. The van der Waals surface area contributed by atoms with E-state index < -0.39 is 10.0 Å². The lowest BCUT2D eigenvalue weighted by molar-refractivity contribution is 0.356. The maximum absolute atomic E-state index is 11.3. The number of nitrogens with one attached hydrogen (secondary N) is 2. The SMILES string of the molecule is COc1cc2ncc(C#N)c(Nc3ccc(NS(C)(=O)=O)cc3)c2cc1OC. The summed E-state index contributed by atoms with van der Waals surface area (Å²) in [5, 5.41) is 13.4. The number of hydrogen-bond donors (Lipinski definition) is 2. The number of anilines is 3. The number of ether oxygens (including phenoxy) is 2. The summed E-state index contributed by atoms with van der Waals surface area (Å²) in [5.41, 5.74) is 2.68. The highest BCUT2D eigenvalue weighted by Gasteiger charge is 2.14. The Labute approximate surface area is 162 Å². The summed E-state index contributed by atoms with van der Waals surface area (Å²) >= 11 is 0. The molecule has 0 aliphatic rings. The zero-order chi connectivity index (χ0) is 20.3. The van der Waals surface area contributed by atoms with Crippen molar-refractivity contribution in [2.75, 3.05) is 30.5 Å². The molecule has 0 fully saturated rings. The van der Waals surface area contributed by atoms with Gasteiger partial charge in [-0.25, -0.2) is 8.42 Å². The number of benzene rings is 2. The van der Waals surface area contributed by atoms with Crippen LogP contribution in [0.2, 0.25) is 0 Å². The minimum Gasteiger partial charge on any atom is -0.493 e. The van der Waals surface area contributed by atoms with E-state index in [9.17, 15) is 13.7 Å². The molecule has 0 spiro atoms. The molecule has 0 aliphatic heterocycles. The smallest absolute Gasteiger partial charge is 0.229 e. The van der Waals surface area contributed by atoms with Gasteiger partial charge < -0.3 is 14.8 Å². The molecule has 3 aromatic rings. The third-order valence-electron chi connectivity index (χ3n) is 3.95. The molecule has 0 aliphatic carbocycles. The highest BCUT2D eigenvalue weighted by atomic mass is 32.2. The van der Waals surface area contributed by atoms with Crippen molar-refractivity contribution in [2.45, 2.75) is 0 Å². The molecule has 0 atom stereocenters. The lowest BCUT2D eigenvalue weighted by Crippen LogP contribution is -2.09. The Hall–Kier alpha value is -3.51. The fourth-order valence-electron chi connectivity index (χ4n) is 2.72. The maximum atomic E-state index is 11.3. The number of sulfonamides is 1.